The number of benzene rings is 2. The summed E-state index contributed by atoms with van der Waals surface area (Å²) in [5.41, 5.74) is 0.613. The van der Waals surface area contributed by atoms with E-state index in [0.717, 1.165) is 31.0 Å². The highest BCUT2D eigenvalue weighted by Crippen LogP contribution is 2.71. The number of rotatable bonds is 11. The summed E-state index contributed by atoms with van der Waals surface area (Å²) in [4.78, 5) is 79.0. The van der Waals surface area contributed by atoms with E-state index in [9.17, 15) is 32.6 Å². The number of methoxy groups -OCH3 is 1. The van der Waals surface area contributed by atoms with Gasteiger partial charge in [-0.05, 0) is 83.6 Å². The van der Waals surface area contributed by atoms with Crippen LogP contribution in [-0.2, 0) is 34.6 Å². The Balaban J connectivity index is 1.18. The van der Waals surface area contributed by atoms with E-state index < -0.39 is 90.1 Å². The molecule has 3 amide bonds. The third-order valence-electron chi connectivity index (χ3n) is 12.6. The van der Waals surface area contributed by atoms with Crippen LogP contribution in [0.4, 0.5) is 18.7 Å². The molecule has 2 aromatic carbocycles. The number of carbonyl (C=O) groups excluding carboxylic acids is 4. The Hall–Kier alpha value is -5.36. The summed E-state index contributed by atoms with van der Waals surface area (Å²) in [7, 11) is -3.26. The first-order valence-electron chi connectivity index (χ1n) is 22.2. The molecule has 0 spiro atoms. The number of hydrogen-bond donors (Lipinski definition) is 4. The van der Waals surface area contributed by atoms with Crippen molar-refractivity contribution in [3.8, 4) is 22.9 Å². The van der Waals surface area contributed by atoms with Crippen LogP contribution in [-0.4, -0.2) is 99.0 Å². The average molecular weight is 985 g/mol. The van der Waals surface area contributed by atoms with Crippen molar-refractivity contribution in [2.45, 2.75) is 120 Å². The number of allylic oxidation sites excluding steroid dienone is 1. The van der Waals surface area contributed by atoms with Crippen molar-refractivity contribution >= 4 is 70.2 Å². The maximum atomic E-state index is 15.0. The van der Waals surface area contributed by atoms with Crippen molar-refractivity contribution in [2.75, 3.05) is 19.0 Å². The third-order valence-corrected chi connectivity index (χ3v) is 16.3. The fourth-order valence-corrected chi connectivity index (χ4v) is 12.5. The van der Waals surface area contributed by atoms with Crippen LogP contribution in [0.5, 0.6) is 11.5 Å². The molecule has 16 nitrogen and oxygen atoms in total. The Morgan fingerprint density at radius 2 is 1.85 bits per heavy atom. The number of nitrogens with zero attached hydrogens (tertiary/aromatic N) is 3. The fraction of sp³-hybridized carbons (Fsp3) is 0.478. The molecule has 8 rings (SSSR count). The maximum absolute atomic E-state index is 15.0. The number of ether oxygens (including phenoxy) is 4. The highest BCUT2D eigenvalue weighted by molar-refractivity contribution is 7.59. The van der Waals surface area contributed by atoms with Gasteiger partial charge >= 0.3 is 12.1 Å². The number of fused-ring (bicyclic) bond motifs is 3. The number of alkyl carbamates (subject to hydrolysis) is 1. The topological polar surface area (TPSA) is 208 Å². The molecule has 1 saturated heterocycles. The van der Waals surface area contributed by atoms with Gasteiger partial charge < -0.3 is 44.7 Å². The van der Waals surface area contributed by atoms with Crippen molar-refractivity contribution in [1.29, 1.82) is 0 Å². The molecule has 21 heteroatoms. The van der Waals surface area contributed by atoms with E-state index in [1.54, 1.807) is 30.4 Å². The van der Waals surface area contributed by atoms with Gasteiger partial charge in [0.2, 0.25) is 19.2 Å². The van der Waals surface area contributed by atoms with Gasteiger partial charge in [0.15, 0.2) is 5.13 Å². The third kappa shape index (κ3) is 10.2. The number of hydrogen-bond acceptors (Lipinski definition) is 13. The first kappa shape index (κ1) is 48.1. The van der Waals surface area contributed by atoms with Gasteiger partial charge in [0, 0.05) is 47.2 Å². The summed E-state index contributed by atoms with van der Waals surface area (Å²) in [6.07, 6.45) is 1.45. The number of nitrogens with one attached hydrogen (secondary N) is 3. The number of carbonyl (C=O) groups is 4. The first-order valence-corrected chi connectivity index (χ1v) is 25.3. The van der Waals surface area contributed by atoms with E-state index in [-0.39, 0.29) is 55.1 Å². The highest BCUT2D eigenvalue weighted by Gasteiger charge is 2.66. The maximum Gasteiger partial charge on any atom is 0.408 e. The molecule has 7 atom stereocenters. The number of esters is 1. The molecular weight excluding hydrogens is 933 g/mol. The fourth-order valence-electron chi connectivity index (χ4n) is 9.00. The van der Waals surface area contributed by atoms with Gasteiger partial charge in [-0.3, -0.25) is 18.9 Å². The predicted octanol–water partition coefficient (Wildman–Crippen LogP) is 8.09. The van der Waals surface area contributed by atoms with Gasteiger partial charge in [0.1, 0.15) is 69.5 Å². The van der Waals surface area contributed by atoms with Gasteiger partial charge in [-0.2, -0.15) is 0 Å². The van der Waals surface area contributed by atoms with Crippen molar-refractivity contribution < 1.29 is 56.4 Å². The van der Waals surface area contributed by atoms with Crippen molar-refractivity contribution in [3.63, 3.8) is 0 Å². The second kappa shape index (κ2) is 19.7. The van der Waals surface area contributed by atoms with Crippen molar-refractivity contribution in [1.82, 2.24) is 25.5 Å². The van der Waals surface area contributed by atoms with Gasteiger partial charge in [0.25, 0.3) is 0 Å². The van der Waals surface area contributed by atoms with Crippen LogP contribution in [0.3, 0.4) is 0 Å². The summed E-state index contributed by atoms with van der Waals surface area (Å²) in [6.45, 7) is 5.15. The van der Waals surface area contributed by atoms with E-state index in [4.69, 9.17) is 40.5 Å². The molecule has 2 aliphatic carbocycles. The lowest BCUT2D eigenvalue weighted by molar-refractivity contribution is -0.154. The zero-order chi connectivity index (χ0) is 47.8. The minimum Gasteiger partial charge on any atom is -0.495 e. The average Bonchev–Trinajstić information content (AvgIpc) is 3.69. The van der Waals surface area contributed by atoms with Gasteiger partial charge in [-0.25, -0.2) is 23.5 Å². The number of anilines is 1. The van der Waals surface area contributed by atoms with Gasteiger partial charge in [-0.15, -0.1) is 11.3 Å². The van der Waals surface area contributed by atoms with Crippen LogP contribution in [0.15, 0.2) is 53.9 Å². The predicted molar refractivity (Wildman–Crippen MR) is 246 cm³/mol. The SMILES string of the molecule is COc1ccc2c(O[C@@H]3C[C@H]4C(=O)N[C@]5(P(=O)(O)Cc6c(F)cccc6F)C[C@H]5/C=C\CCC(=O)OC(C)C(NC(=O)OC5CCCC5)C(=O)N4C3)cc(-c3csc(NC(C)C)n3)nc2c1Cl. The molecule has 3 unspecified atom stereocenters. The molecule has 4 aromatic rings. The normalized spacial score (nSPS) is 26.1. The zero-order valence-corrected chi connectivity index (χ0v) is 39.7. The molecule has 0 radical (unpaired) electrons. The summed E-state index contributed by atoms with van der Waals surface area (Å²) in [5, 5.41) is 9.89. The van der Waals surface area contributed by atoms with Crippen LogP contribution in [0.1, 0.15) is 77.7 Å². The standard InChI is InChI=1S/C46H52ClF2N6O10PS/c1-24(2)50-44-52-34(23-67-44)33-19-37(29-16-17-36(62-4)39(47)41(29)51-33)64-28-18-35-42(57)54-46(66(60,61)22-30-31(48)13-9-14-32(30)49)20-26(46)10-5-8-15-38(56)63-25(3)40(43(58)55(35)21-28)53-45(59)65-27-11-6-7-12-27/h5,9-10,13-14,16-17,19,23-28,35,40H,6-8,11-12,15,18,20-22H2,1-4H3,(H,50,52)(H,53,59)(H,54,57)(H,60,61)/b10-5-/t25?,26-,28-,35+,40?,46+/m1/s1. The van der Waals surface area contributed by atoms with E-state index >= 15 is 4.79 Å². The van der Waals surface area contributed by atoms with Crippen LogP contribution in [0.2, 0.25) is 5.02 Å². The molecule has 4 heterocycles. The van der Waals surface area contributed by atoms with Crippen molar-refractivity contribution in [3.05, 3.63) is 76.2 Å². The largest absolute Gasteiger partial charge is 0.495 e. The Labute approximate surface area is 394 Å². The number of thiazole rings is 1. The highest BCUT2D eigenvalue weighted by atomic mass is 35.5. The minimum absolute atomic E-state index is 0.0840. The Morgan fingerprint density at radius 1 is 1.10 bits per heavy atom. The van der Waals surface area contributed by atoms with Gasteiger partial charge in [-0.1, -0.05) is 29.8 Å². The monoisotopic (exact) mass is 984 g/mol. The first-order chi connectivity index (χ1) is 32.0. The summed E-state index contributed by atoms with van der Waals surface area (Å²) >= 11 is 8.23. The lowest BCUT2D eigenvalue weighted by atomic mass is 10.1. The molecule has 358 valence electrons. The van der Waals surface area contributed by atoms with Crippen LogP contribution in [0.25, 0.3) is 22.3 Å². The number of halogens is 3. The number of pyridine rings is 1. The molecule has 0 bridgehead atoms. The van der Waals surface area contributed by atoms with Crippen LogP contribution in [0, 0.1) is 17.6 Å². The molecule has 2 aliphatic heterocycles. The van der Waals surface area contributed by atoms with E-state index in [1.165, 1.54) is 30.3 Å². The Morgan fingerprint density at radius 3 is 2.57 bits per heavy atom. The molecule has 67 heavy (non-hydrogen) atoms. The minimum atomic E-state index is -4.72. The number of cyclic esters (lactones) is 1. The number of amides is 3. The van der Waals surface area contributed by atoms with E-state index in [2.05, 4.69) is 16.0 Å². The van der Waals surface area contributed by atoms with Crippen LogP contribution < -0.4 is 25.4 Å². The molecule has 2 saturated carbocycles. The Bertz CT molecular complexity index is 2630. The summed E-state index contributed by atoms with van der Waals surface area (Å²) in [6, 6.07) is 5.25. The van der Waals surface area contributed by atoms with Crippen molar-refractivity contribution in [2.24, 2.45) is 5.92 Å². The quantitative estimate of drug-likeness (QED) is 0.0638. The lowest BCUT2D eigenvalue weighted by Gasteiger charge is -2.32. The summed E-state index contributed by atoms with van der Waals surface area (Å²) < 4.78 is 68.1. The molecule has 4 N–H and O–H groups in total. The zero-order valence-electron chi connectivity index (χ0n) is 37.3. The molecule has 4 aliphatic rings. The van der Waals surface area contributed by atoms with Crippen LogP contribution >= 0.6 is 30.3 Å². The second-order valence-electron chi connectivity index (χ2n) is 17.7. The summed E-state index contributed by atoms with van der Waals surface area (Å²) in [5.74, 6) is -4.61. The smallest absolute Gasteiger partial charge is 0.408 e. The molecule has 2 aromatic heterocycles. The van der Waals surface area contributed by atoms with Gasteiger partial charge in [0.05, 0.1) is 31.0 Å². The van der Waals surface area contributed by atoms with E-state index in [1.807, 2.05) is 19.2 Å². The Kier molecular flexibility index (Phi) is 14.1. The molecule has 3 fully saturated rings. The number of aromatic nitrogens is 2. The lowest BCUT2D eigenvalue weighted by Crippen LogP contribution is -2.58. The molecular formula is C46H52ClF2N6O10PS. The second-order valence-corrected chi connectivity index (χ2v) is 21.4. The van der Waals surface area contributed by atoms with E-state index in [0.29, 0.717) is 46.0 Å².